The summed E-state index contributed by atoms with van der Waals surface area (Å²) in [5, 5.41) is 0. The van der Waals surface area contributed by atoms with Crippen molar-refractivity contribution in [3.8, 4) is 11.5 Å². The highest BCUT2D eigenvalue weighted by Crippen LogP contribution is 2.33. The predicted octanol–water partition coefficient (Wildman–Crippen LogP) is 4.29. The Kier molecular flexibility index (Phi) is 3.28. The van der Waals surface area contributed by atoms with Crippen molar-refractivity contribution in [2.24, 2.45) is 0 Å². The van der Waals surface area contributed by atoms with Crippen LogP contribution >= 0.6 is 0 Å². The van der Waals surface area contributed by atoms with E-state index in [1.165, 1.54) is 11.1 Å². The third-order valence-corrected chi connectivity index (χ3v) is 3.22. The van der Waals surface area contributed by atoms with Gasteiger partial charge in [-0.25, -0.2) is 0 Å². The first kappa shape index (κ1) is 12.5. The molecule has 2 heteroatoms. The van der Waals surface area contributed by atoms with E-state index in [2.05, 4.69) is 26.8 Å². The van der Waals surface area contributed by atoms with Crippen molar-refractivity contribution in [3.05, 3.63) is 52.6 Å². The molecule has 0 unspecified atom stereocenters. The summed E-state index contributed by atoms with van der Waals surface area (Å²) in [6.45, 7) is 8.24. The molecule has 0 saturated carbocycles. The molecular weight excluding hydrogens is 222 g/mol. The van der Waals surface area contributed by atoms with Gasteiger partial charge in [0.1, 0.15) is 5.75 Å². The van der Waals surface area contributed by atoms with Gasteiger partial charge in [0, 0.05) is 0 Å². The number of nitrogen functional groups attached to an aromatic ring is 1. The Morgan fingerprint density at radius 2 is 1.67 bits per heavy atom. The normalized spacial score (nSPS) is 10.4. The van der Waals surface area contributed by atoms with Gasteiger partial charge < -0.3 is 10.5 Å². The van der Waals surface area contributed by atoms with E-state index < -0.39 is 0 Å². The van der Waals surface area contributed by atoms with Crippen molar-refractivity contribution in [1.29, 1.82) is 0 Å². The van der Waals surface area contributed by atoms with E-state index in [1.54, 1.807) is 0 Å². The number of aryl methyl sites for hydroxylation is 3. The van der Waals surface area contributed by atoms with E-state index in [4.69, 9.17) is 10.5 Å². The summed E-state index contributed by atoms with van der Waals surface area (Å²) in [5.41, 5.74) is 11.3. The molecule has 2 aromatic rings. The first-order valence-electron chi connectivity index (χ1n) is 6.10. The van der Waals surface area contributed by atoms with Gasteiger partial charge in [-0.05, 0) is 62.1 Å². The molecule has 0 aliphatic heterocycles. The van der Waals surface area contributed by atoms with Crippen molar-refractivity contribution in [2.75, 3.05) is 5.73 Å². The molecule has 2 N–H and O–H groups in total. The highest BCUT2D eigenvalue weighted by Gasteiger charge is 2.09. The lowest BCUT2D eigenvalue weighted by Gasteiger charge is -2.15. The smallest absolute Gasteiger partial charge is 0.153 e. The highest BCUT2D eigenvalue weighted by molar-refractivity contribution is 5.58. The first-order valence-corrected chi connectivity index (χ1v) is 6.10. The summed E-state index contributed by atoms with van der Waals surface area (Å²) in [4.78, 5) is 0. The number of ether oxygens (including phenoxy) is 1. The molecule has 2 nitrogen and oxygen atoms in total. The van der Waals surface area contributed by atoms with E-state index in [-0.39, 0.29) is 0 Å². The SMILES string of the molecule is Cc1cc(C)c(C)c(Oc2c(C)cccc2N)c1. The van der Waals surface area contributed by atoms with Gasteiger partial charge in [-0.2, -0.15) is 0 Å². The van der Waals surface area contributed by atoms with E-state index in [0.717, 1.165) is 22.6 Å². The van der Waals surface area contributed by atoms with Gasteiger partial charge >= 0.3 is 0 Å². The Bertz CT molecular complexity index is 568. The molecule has 2 aromatic carbocycles. The van der Waals surface area contributed by atoms with Crippen LogP contribution in [-0.4, -0.2) is 0 Å². The summed E-state index contributed by atoms with van der Waals surface area (Å²) in [6, 6.07) is 10.0. The summed E-state index contributed by atoms with van der Waals surface area (Å²) in [7, 11) is 0. The molecule has 0 aliphatic rings. The van der Waals surface area contributed by atoms with E-state index in [9.17, 15) is 0 Å². The molecule has 0 atom stereocenters. The van der Waals surface area contributed by atoms with Gasteiger partial charge in [0.25, 0.3) is 0 Å². The molecule has 18 heavy (non-hydrogen) atoms. The average molecular weight is 241 g/mol. The minimum Gasteiger partial charge on any atom is -0.455 e. The lowest BCUT2D eigenvalue weighted by atomic mass is 10.1. The Morgan fingerprint density at radius 1 is 0.944 bits per heavy atom. The fourth-order valence-electron chi connectivity index (χ4n) is 2.03. The van der Waals surface area contributed by atoms with Crippen LogP contribution in [0.5, 0.6) is 11.5 Å². The van der Waals surface area contributed by atoms with Crippen LogP contribution in [0.15, 0.2) is 30.3 Å². The molecule has 0 bridgehead atoms. The molecule has 0 aromatic heterocycles. The third kappa shape index (κ3) is 2.33. The molecule has 0 amide bonds. The molecular formula is C16H19NO. The molecule has 0 spiro atoms. The van der Waals surface area contributed by atoms with Crippen LogP contribution in [0.1, 0.15) is 22.3 Å². The zero-order valence-electron chi connectivity index (χ0n) is 11.4. The van der Waals surface area contributed by atoms with E-state index in [0.29, 0.717) is 5.69 Å². The fraction of sp³-hybridized carbons (Fsp3) is 0.250. The first-order chi connectivity index (χ1) is 8.49. The summed E-state index contributed by atoms with van der Waals surface area (Å²) >= 11 is 0. The minimum atomic E-state index is 0.675. The second-order valence-electron chi connectivity index (χ2n) is 4.80. The molecule has 0 aliphatic carbocycles. The molecule has 0 heterocycles. The third-order valence-electron chi connectivity index (χ3n) is 3.22. The van der Waals surface area contributed by atoms with Crippen molar-refractivity contribution < 1.29 is 4.74 Å². The molecule has 94 valence electrons. The van der Waals surface area contributed by atoms with Gasteiger partial charge in [0.2, 0.25) is 0 Å². The average Bonchev–Trinajstić information content (AvgIpc) is 2.30. The summed E-state index contributed by atoms with van der Waals surface area (Å²) < 4.78 is 6.01. The van der Waals surface area contributed by atoms with Gasteiger partial charge in [-0.1, -0.05) is 18.2 Å². The minimum absolute atomic E-state index is 0.675. The second-order valence-corrected chi connectivity index (χ2v) is 4.80. The standard InChI is InChI=1S/C16H19NO/c1-10-8-12(3)13(4)15(9-10)18-16-11(2)6-5-7-14(16)17/h5-9H,17H2,1-4H3. The van der Waals surface area contributed by atoms with Gasteiger partial charge in [-0.15, -0.1) is 0 Å². The van der Waals surface area contributed by atoms with Gasteiger partial charge in [-0.3, -0.25) is 0 Å². The Hall–Kier alpha value is -1.96. The number of anilines is 1. The predicted molar refractivity (Wildman–Crippen MR) is 76.3 cm³/mol. The maximum Gasteiger partial charge on any atom is 0.153 e. The molecule has 0 saturated heterocycles. The van der Waals surface area contributed by atoms with Crippen LogP contribution in [0.2, 0.25) is 0 Å². The van der Waals surface area contributed by atoms with Crippen molar-refractivity contribution >= 4 is 5.69 Å². The van der Waals surface area contributed by atoms with E-state index in [1.807, 2.05) is 31.2 Å². The Morgan fingerprint density at radius 3 is 2.33 bits per heavy atom. The van der Waals surface area contributed by atoms with Crippen molar-refractivity contribution in [2.45, 2.75) is 27.7 Å². The molecule has 0 radical (unpaired) electrons. The van der Waals surface area contributed by atoms with Gasteiger partial charge in [0.05, 0.1) is 5.69 Å². The van der Waals surface area contributed by atoms with Crippen LogP contribution < -0.4 is 10.5 Å². The Labute approximate surface area is 108 Å². The molecule has 0 fully saturated rings. The van der Waals surface area contributed by atoms with E-state index >= 15 is 0 Å². The lowest BCUT2D eigenvalue weighted by molar-refractivity contribution is 0.476. The van der Waals surface area contributed by atoms with Crippen molar-refractivity contribution in [3.63, 3.8) is 0 Å². The van der Waals surface area contributed by atoms with Crippen LogP contribution in [0, 0.1) is 27.7 Å². The largest absolute Gasteiger partial charge is 0.455 e. The Balaban J connectivity index is 2.46. The summed E-state index contributed by atoms with van der Waals surface area (Å²) in [5.74, 6) is 1.64. The zero-order valence-corrected chi connectivity index (χ0v) is 11.4. The fourth-order valence-corrected chi connectivity index (χ4v) is 2.03. The number of hydrogen-bond acceptors (Lipinski definition) is 2. The lowest BCUT2D eigenvalue weighted by Crippen LogP contribution is -1.97. The van der Waals surface area contributed by atoms with Crippen LogP contribution in [-0.2, 0) is 0 Å². The monoisotopic (exact) mass is 241 g/mol. The topological polar surface area (TPSA) is 35.2 Å². The maximum absolute atomic E-state index is 6.01. The quantitative estimate of drug-likeness (QED) is 0.796. The number of benzene rings is 2. The van der Waals surface area contributed by atoms with Crippen LogP contribution in [0.3, 0.4) is 0 Å². The van der Waals surface area contributed by atoms with Gasteiger partial charge in [0.15, 0.2) is 5.75 Å². The zero-order chi connectivity index (χ0) is 13.3. The molecule has 2 rings (SSSR count). The maximum atomic E-state index is 6.01. The van der Waals surface area contributed by atoms with Crippen LogP contribution in [0.4, 0.5) is 5.69 Å². The number of nitrogens with two attached hydrogens (primary N) is 1. The number of rotatable bonds is 2. The van der Waals surface area contributed by atoms with Crippen molar-refractivity contribution in [1.82, 2.24) is 0 Å². The van der Waals surface area contributed by atoms with Crippen LogP contribution in [0.25, 0.3) is 0 Å². The second kappa shape index (κ2) is 4.73. The highest BCUT2D eigenvalue weighted by atomic mass is 16.5. The summed E-state index contributed by atoms with van der Waals surface area (Å²) in [6.07, 6.45) is 0. The number of hydrogen-bond donors (Lipinski definition) is 1. The number of para-hydroxylation sites is 1.